The first-order chi connectivity index (χ1) is 12.3. The molecule has 0 unspecified atom stereocenters. The van der Waals surface area contributed by atoms with E-state index in [1.54, 1.807) is 19.1 Å². The van der Waals surface area contributed by atoms with Gasteiger partial charge in [-0.1, -0.05) is 26.0 Å². The highest BCUT2D eigenvalue weighted by Gasteiger charge is 2.19. The van der Waals surface area contributed by atoms with Crippen molar-refractivity contribution >= 4 is 23.3 Å². The van der Waals surface area contributed by atoms with Gasteiger partial charge in [-0.25, -0.2) is 4.79 Å². The van der Waals surface area contributed by atoms with Crippen molar-refractivity contribution in [3.63, 3.8) is 0 Å². The maximum atomic E-state index is 12.5. The van der Waals surface area contributed by atoms with Gasteiger partial charge in [0.1, 0.15) is 0 Å². The Morgan fingerprint density at radius 1 is 1.12 bits per heavy atom. The number of carbonyl (C=O) groups excluding carboxylic acids is 2. The monoisotopic (exact) mass is 356 g/mol. The summed E-state index contributed by atoms with van der Waals surface area (Å²) in [7, 11) is 0. The van der Waals surface area contributed by atoms with Crippen LogP contribution in [0.1, 0.15) is 53.0 Å². The Labute approximate surface area is 151 Å². The second kappa shape index (κ2) is 8.24. The standard InChI is InChI=1S/C19H20N2O5/c1-4-26-19(23)15-9-14(10-17(11-15)21(24)25)18(22)20-16-7-5-13(6-8-16)12(2)3/h5-12H,4H2,1-3H3,(H,20,22). The van der Waals surface area contributed by atoms with Gasteiger partial charge in [-0.2, -0.15) is 0 Å². The van der Waals surface area contributed by atoms with Crippen LogP contribution in [-0.2, 0) is 4.74 Å². The third-order valence-corrected chi connectivity index (χ3v) is 3.74. The molecule has 136 valence electrons. The number of non-ortho nitro benzene ring substituents is 1. The summed E-state index contributed by atoms with van der Waals surface area (Å²) in [4.78, 5) is 34.8. The Bertz CT molecular complexity index is 828. The number of esters is 1. The third kappa shape index (κ3) is 4.66. The number of nitrogens with zero attached hydrogens (tertiary/aromatic N) is 1. The van der Waals surface area contributed by atoms with Crippen molar-refractivity contribution in [3.05, 3.63) is 69.3 Å². The van der Waals surface area contributed by atoms with Gasteiger partial charge in [0.2, 0.25) is 0 Å². The van der Waals surface area contributed by atoms with Gasteiger partial charge in [0.15, 0.2) is 0 Å². The molecule has 0 fully saturated rings. The fraction of sp³-hybridized carbons (Fsp3) is 0.263. The minimum atomic E-state index is -0.716. The number of nitro benzene ring substituents is 1. The molecule has 0 aliphatic carbocycles. The van der Waals surface area contributed by atoms with E-state index in [0.717, 1.165) is 17.7 Å². The molecular weight excluding hydrogens is 336 g/mol. The molecule has 2 aromatic rings. The molecule has 0 radical (unpaired) electrons. The van der Waals surface area contributed by atoms with Gasteiger partial charge in [0.05, 0.1) is 17.1 Å². The average Bonchev–Trinajstić information content (AvgIpc) is 2.61. The van der Waals surface area contributed by atoms with Crippen LogP contribution in [0.3, 0.4) is 0 Å². The summed E-state index contributed by atoms with van der Waals surface area (Å²) in [6.07, 6.45) is 0. The topological polar surface area (TPSA) is 98.5 Å². The molecule has 1 N–H and O–H groups in total. The number of hydrogen-bond acceptors (Lipinski definition) is 5. The molecular formula is C19H20N2O5. The second-order valence-electron chi connectivity index (χ2n) is 5.98. The Morgan fingerprint density at radius 3 is 2.27 bits per heavy atom. The highest BCUT2D eigenvalue weighted by atomic mass is 16.6. The lowest BCUT2D eigenvalue weighted by Gasteiger charge is -2.09. The van der Waals surface area contributed by atoms with E-state index < -0.39 is 16.8 Å². The van der Waals surface area contributed by atoms with Gasteiger partial charge in [-0.05, 0) is 36.6 Å². The lowest BCUT2D eigenvalue weighted by Crippen LogP contribution is -2.14. The van der Waals surface area contributed by atoms with E-state index in [1.165, 1.54) is 6.07 Å². The van der Waals surface area contributed by atoms with Crippen molar-refractivity contribution in [2.45, 2.75) is 26.7 Å². The van der Waals surface area contributed by atoms with Crippen molar-refractivity contribution in [1.82, 2.24) is 0 Å². The molecule has 0 aliphatic heterocycles. The first-order valence-corrected chi connectivity index (χ1v) is 8.19. The summed E-state index contributed by atoms with van der Waals surface area (Å²) in [5, 5.41) is 13.8. The minimum absolute atomic E-state index is 0.00943. The van der Waals surface area contributed by atoms with E-state index in [4.69, 9.17) is 4.74 Å². The number of benzene rings is 2. The van der Waals surface area contributed by atoms with Crippen molar-refractivity contribution in [2.24, 2.45) is 0 Å². The molecule has 0 saturated carbocycles. The van der Waals surface area contributed by atoms with Crippen LogP contribution < -0.4 is 5.32 Å². The average molecular weight is 356 g/mol. The van der Waals surface area contributed by atoms with Gasteiger partial charge in [-0.3, -0.25) is 14.9 Å². The summed E-state index contributed by atoms with van der Waals surface area (Å²) in [5.74, 6) is -0.897. The summed E-state index contributed by atoms with van der Waals surface area (Å²) < 4.78 is 4.86. The number of amides is 1. The van der Waals surface area contributed by atoms with Crippen LogP contribution in [0.2, 0.25) is 0 Å². The molecule has 26 heavy (non-hydrogen) atoms. The molecule has 0 spiro atoms. The normalized spacial score (nSPS) is 10.5. The Balaban J connectivity index is 2.29. The van der Waals surface area contributed by atoms with Crippen LogP contribution in [0.15, 0.2) is 42.5 Å². The number of carbonyl (C=O) groups is 2. The minimum Gasteiger partial charge on any atom is -0.462 e. The molecule has 0 saturated heterocycles. The van der Waals surface area contributed by atoms with Crippen LogP contribution in [0, 0.1) is 10.1 Å². The third-order valence-electron chi connectivity index (χ3n) is 3.74. The van der Waals surface area contributed by atoms with Gasteiger partial charge >= 0.3 is 5.97 Å². The summed E-state index contributed by atoms with van der Waals surface area (Å²) >= 11 is 0. The number of ether oxygens (including phenoxy) is 1. The van der Waals surface area contributed by atoms with Crippen LogP contribution in [0.25, 0.3) is 0 Å². The molecule has 1 amide bonds. The second-order valence-corrected chi connectivity index (χ2v) is 5.98. The van der Waals surface area contributed by atoms with E-state index >= 15 is 0 Å². The summed E-state index contributed by atoms with van der Waals surface area (Å²) in [6, 6.07) is 10.8. The van der Waals surface area contributed by atoms with E-state index in [1.807, 2.05) is 12.1 Å². The first kappa shape index (κ1) is 19.1. The number of anilines is 1. The van der Waals surface area contributed by atoms with Crippen LogP contribution in [0.4, 0.5) is 11.4 Å². The lowest BCUT2D eigenvalue weighted by atomic mass is 10.0. The first-order valence-electron chi connectivity index (χ1n) is 8.19. The maximum Gasteiger partial charge on any atom is 0.338 e. The molecule has 0 bridgehead atoms. The zero-order chi connectivity index (χ0) is 19.3. The Morgan fingerprint density at radius 2 is 1.73 bits per heavy atom. The van der Waals surface area contributed by atoms with Crippen LogP contribution >= 0.6 is 0 Å². The Kier molecular flexibility index (Phi) is 6.06. The van der Waals surface area contributed by atoms with E-state index in [9.17, 15) is 19.7 Å². The number of nitro groups is 1. The molecule has 0 atom stereocenters. The number of rotatable bonds is 6. The van der Waals surface area contributed by atoms with E-state index in [-0.39, 0.29) is 23.4 Å². The highest BCUT2D eigenvalue weighted by Crippen LogP contribution is 2.21. The number of nitrogens with one attached hydrogen (secondary N) is 1. The highest BCUT2D eigenvalue weighted by molar-refractivity contribution is 6.06. The molecule has 0 heterocycles. The molecule has 0 aliphatic rings. The van der Waals surface area contributed by atoms with E-state index in [0.29, 0.717) is 11.6 Å². The fourth-order valence-corrected chi connectivity index (χ4v) is 2.33. The van der Waals surface area contributed by atoms with Crippen LogP contribution in [-0.4, -0.2) is 23.4 Å². The molecule has 7 nitrogen and oxygen atoms in total. The molecule has 0 aromatic heterocycles. The SMILES string of the molecule is CCOC(=O)c1cc(C(=O)Nc2ccc(C(C)C)cc2)cc([N+](=O)[O-])c1. The Hall–Kier alpha value is -3.22. The van der Waals surface area contributed by atoms with Crippen molar-refractivity contribution < 1.29 is 19.2 Å². The zero-order valence-corrected chi connectivity index (χ0v) is 14.8. The maximum absolute atomic E-state index is 12.5. The summed E-state index contributed by atoms with van der Waals surface area (Å²) in [5.41, 5.74) is 1.30. The van der Waals surface area contributed by atoms with Crippen molar-refractivity contribution in [1.29, 1.82) is 0 Å². The van der Waals surface area contributed by atoms with Gasteiger partial charge < -0.3 is 10.1 Å². The lowest BCUT2D eigenvalue weighted by molar-refractivity contribution is -0.384. The fourth-order valence-electron chi connectivity index (χ4n) is 2.33. The van der Waals surface area contributed by atoms with Crippen LogP contribution in [0.5, 0.6) is 0 Å². The van der Waals surface area contributed by atoms with Gasteiger partial charge in [0.25, 0.3) is 11.6 Å². The zero-order valence-electron chi connectivity index (χ0n) is 14.8. The smallest absolute Gasteiger partial charge is 0.338 e. The molecule has 7 heteroatoms. The number of hydrogen-bond donors (Lipinski definition) is 1. The van der Waals surface area contributed by atoms with Gasteiger partial charge in [0, 0.05) is 23.4 Å². The predicted octanol–water partition coefficient (Wildman–Crippen LogP) is 4.15. The van der Waals surface area contributed by atoms with Crippen molar-refractivity contribution in [2.75, 3.05) is 11.9 Å². The quantitative estimate of drug-likeness (QED) is 0.476. The van der Waals surface area contributed by atoms with E-state index in [2.05, 4.69) is 19.2 Å². The predicted molar refractivity (Wildman–Crippen MR) is 97.5 cm³/mol. The molecule has 2 rings (SSSR count). The molecule has 2 aromatic carbocycles. The van der Waals surface area contributed by atoms with Crippen molar-refractivity contribution in [3.8, 4) is 0 Å². The van der Waals surface area contributed by atoms with Gasteiger partial charge in [-0.15, -0.1) is 0 Å². The summed E-state index contributed by atoms with van der Waals surface area (Å²) in [6.45, 7) is 5.89. The largest absolute Gasteiger partial charge is 0.462 e.